The summed E-state index contributed by atoms with van der Waals surface area (Å²) in [4.78, 5) is 57.1. The van der Waals surface area contributed by atoms with Crippen molar-refractivity contribution < 1.29 is 47.5 Å². The molecule has 7 atom stereocenters. The molecule has 16 aliphatic rings. The zero-order valence-corrected chi connectivity index (χ0v) is 68.3. The van der Waals surface area contributed by atoms with Crippen molar-refractivity contribution in [3.8, 4) is 0 Å². The van der Waals surface area contributed by atoms with Gasteiger partial charge in [0.05, 0.1) is 55.8 Å². The van der Waals surface area contributed by atoms with E-state index in [0.717, 1.165) is 220 Å². The number of halogens is 1. The first kappa shape index (κ1) is 78.9. The van der Waals surface area contributed by atoms with Crippen LogP contribution in [0.5, 0.6) is 0 Å². The molecule has 5 saturated heterocycles. The first-order valence-corrected chi connectivity index (χ1v) is 44.6. The lowest BCUT2D eigenvalue weighted by Crippen LogP contribution is -2.56. The maximum Gasteiger partial charge on any atom is 0.262 e. The predicted molar refractivity (Wildman–Crippen MR) is 432 cm³/mol. The van der Waals surface area contributed by atoms with Crippen molar-refractivity contribution in [2.24, 2.45) is 55.5 Å². The van der Waals surface area contributed by atoms with Gasteiger partial charge in [-0.05, 0) is 273 Å². The van der Waals surface area contributed by atoms with Gasteiger partial charge in [-0.2, -0.15) is 0 Å². The number of nitrogens with zero attached hydrogens (tertiary/aromatic N) is 4. The summed E-state index contributed by atoms with van der Waals surface area (Å²) in [5.41, 5.74) is 19.6. The lowest BCUT2D eigenvalue weighted by molar-refractivity contribution is -0.140. The van der Waals surface area contributed by atoms with Crippen molar-refractivity contribution in [1.29, 1.82) is 0 Å². The van der Waals surface area contributed by atoms with Gasteiger partial charge in [0.2, 0.25) is 0 Å². The normalized spacial score (nSPS) is 34.6. The van der Waals surface area contributed by atoms with Crippen LogP contribution in [0.15, 0.2) is 64.6 Å². The van der Waals surface area contributed by atoms with E-state index in [1.54, 1.807) is 30.9 Å². The van der Waals surface area contributed by atoms with Crippen LogP contribution in [-0.2, 0) is 103 Å². The Morgan fingerprint density at radius 3 is 1.31 bits per heavy atom. The summed E-state index contributed by atoms with van der Waals surface area (Å²) in [5.74, 6) is 4.26. The van der Waals surface area contributed by atoms with Gasteiger partial charge in [-0.3, -0.25) is 24.2 Å². The summed E-state index contributed by atoms with van der Waals surface area (Å²) in [6.45, 7) is 4.51. The first-order valence-electron chi connectivity index (χ1n) is 42.1. The Balaban J connectivity index is 0.000000124. The van der Waals surface area contributed by atoms with E-state index in [1.165, 1.54) is 122 Å². The molecule has 0 bridgehead atoms. The van der Waals surface area contributed by atoms with Crippen molar-refractivity contribution in [2.75, 3.05) is 79.0 Å². The number of nitrogens with two attached hydrogens (primary N) is 2. The Hall–Kier alpha value is -4.39. The van der Waals surface area contributed by atoms with Gasteiger partial charge in [-0.1, -0.05) is 121 Å². The van der Waals surface area contributed by atoms with Gasteiger partial charge in [-0.25, -0.2) is 9.98 Å². The largest absolute Gasteiger partial charge is 0.381 e. The number of carbonyl (C=O) groups is 3. The standard InChI is InChI=1S/C32H44N2O4S.C27H37N3O3.C22H28N2O2S.C5H9BrO.CH5N/c1-36-25-12-14-31(15-13-25)19-24-11-10-23(9-8-22-6-7-22)18-28(24)32(31)29(35)34(20-26-4-2-16-37-26)30(33-32)39-21-27-5-3-17-38-27;1-32-21-10-12-26(13-11-21)16-20-9-8-19(7-6-18-4-5-18)15-23(20)27(26)24(31)30(25(28)29-27)17-22-3-2-14-33-22;1-26-17-8-10-21(11-9-17)13-16-7-6-15(5-4-14-2-3-14)12-18(16)22(21)19(25)23-20(27)24-22;6-4-5-2-1-3-7-5;1-2/h10-11,18,22,25-27H,2-9,12-17,19-21H2,1H3;8-9,15,18,21-22H,2-7,10-14,16-17H2,1H3,(H2,28,29);6-7,12,14,17H,2-5,8-11,13H2,1H3,(H2,23,24,25,27);5H,1-4H2;2H2,1H3. The van der Waals surface area contributed by atoms with E-state index in [0.29, 0.717) is 36.4 Å². The lowest BCUT2D eigenvalue weighted by atomic mass is 9.61. The summed E-state index contributed by atoms with van der Waals surface area (Å²) >= 11 is 10.5. The monoisotopic (exact) mass is 1580 g/mol. The maximum atomic E-state index is 15.0. The minimum Gasteiger partial charge on any atom is -0.381 e. The molecule has 7 aliphatic heterocycles. The number of thioether (sulfide) groups is 1. The van der Waals surface area contributed by atoms with Crippen LogP contribution < -0.4 is 22.1 Å². The smallest absolute Gasteiger partial charge is 0.262 e. The number of benzene rings is 3. The molecule has 21 heteroatoms. The number of aryl methyl sites for hydroxylation is 3. The fourth-order valence-corrected chi connectivity index (χ4v) is 23.4. The molecule has 18 nitrogen and oxygen atoms in total. The minimum atomic E-state index is -0.890. The van der Waals surface area contributed by atoms with Crippen molar-refractivity contribution in [2.45, 2.75) is 284 Å². The van der Waals surface area contributed by atoms with Gasteiger partial charge in [-0.15, -0.1) is 0 Å². The average Bonchev–Trinajstić information content (AvgIpc) is 1.54. The molecule has 3 aromatic carbocycles. The molecule has 19 rings (SSSR count). The molecule has 0 aromatic heterocycles. The Morgan fingerprint density at radius 1 is 0.519 bits per heavy atom. The third kappa shape index (κ3) is 15.6. The van der Waals surface area contributed by atoms with Gasteiger partial charge < -0.3 is 55.3 Å². The molecule has 108 heavy (non-hydrogen) atoms. The molecule has 590 valence electrons. The van der Waals surface area contributed by atoms with Crippen LogP contribution in [0.2, 0.25) is 0 Å². The molecule has 9 aliphatic carbocycles. The van der Waals surface area contributed by atoms with Crippen LogP contribution in [0.1, 0.15) is 236 Å². The second-order valence-corrected chi connectivity index (χ2v) is 36.9. The van der Waals surface area contributed by atoms with Gasteiger partial charge in [0.15, 0.2) is 32.9 Å². The molecular formula is C87H123BrN8O10S2. The highest BCUT2D eigenvalue weighted by molar-refractivity contribution is 9.09. The number of fused-ring (bicyclic) bond motifs is 9. The molecule has 3 amide bonds. The number of aliphatic imine (C=N–C) groups is 2. The molecule has 7 heterocycles. The summed E-state index contributed by atoms with van der Waals surface area (Å²) < 4.78 is 40.2. The third-order valence-electron chi connectivity index (χ3n) is 28.4. The van der Waals surface area contributed by atoms with Gasteiger partial charge in [0.25, 0.3) is 17.7 Å². The quantitative estimate of drug-likeness (QED) is 0.0647. The van der Waals surface area contributed by atoms with Crippen molar-refractivity contribution in [3.05, 3.63) is 105 Å². The van der Waals surface area contributed by atoms with E-state index in [-0.39, 0.29) is 64.5 Å². The fourth-order valence-electron chi connectivity index (χ4n) is 21.6. The number of thiocarbonyl (C=S) groups is 1. The average molecular weight is 1590 g/mol. The number of methoxy groups -OCH3 is 3. The minimum absolute atomic E-state index is 0.0430. The van der Waals surface area contributed by atoms with E-state index >= 15 is 0 Å². The summed E-state index contributed by atoms with van der Waals surface area (Å²) in [6.07, 6.45) is 40.5. The van der Waals surface area contributed by atoms with Crippen LogP contribution in [0.4, 0.5) is 0 Å². The van der Waals surface area contributed by atoms with Crippen LogP contribution in [0, 0.1) is 34.0 Å². The van der Waals surface area contributed by atoms with E-state index in [9.17, 15) is 14.4 Å². The number of nitrogens with one attached hydrogen (secondary N) is 2. The Morgan fingerprint density at radius 2 is 0.907 bits per heavy atom. The molecule has 6 saturated carbocycles. The highest BCUT2D eigenvalue weighted by Crippen LogP contribution is 2.65. The number of hydrogen-bond donors (Lipinski definition) is 4. The van der Waals surface area contributed by atoms with Gasteiger partial charge >= 0.3 is 0 Å². The number of ether oxygens (including phenoxy) is 7. The number of alkyl halides is 1. The van der Waals surface area contributed by atoms with Crippen molar-refractivity contribution >= 4 is 73.9 Å². The number of guanidine groups is 1. The number of hydrogen-bond acceptors (Lipinski definition) is 16. The topological polar surface area (TPSA) is 223 Å². The van der Waals surface area contributed by atoms with Crippen LogP contribution in [0.25, 0.3) is 0 Å². The highest BCUT2D eigenvalue weighted by Gasteiger charge is 2.70. The van der Waals surface area contributed by atoms with Gasteiger partial charge in [0.1, 0.15) is 0 Å². The number of amidine groups is 1. The second kappa shape index (κ2) is 34.0. The lowest BCUT2D eigenvalue weighted by Gasteiger charge is -2.46. The van der Waals surface area contributed by atoms with Crippen LogP contribution in [-0.4, -0.2) is 165 Å². The summed E-state index contributed by atoms with van der Waals surface area (Å²) in [6, 6.07) is 20.8. The molecule has 7 unspecified atom stereocenters. The maximum absolute atomic E-state index is 15.0. The summed E-state index contributed by atoms with van der Waals surface area (Å²) in [5, 5.41) is 8.76. The van der Waals surface area contributed by atoms with E-state index < -0.39 is 16.6 Å². The van der Waals surface area contributed by atoms with E-state index in [2.05, 4.69) is 86.9 Å². The zero-order valence-electron chi connectivity index (χ0n) is 65.1. The molecular weight excluding hydrogens is 1460 g/mol. The third-order valence-corrected chi connectivity index (χ3v) is 30.4. The predicted octanol–water partition coefficient (Wildman–Crippen LogP) is 13.8. The second-order valence-electron chi connectivity index (χ2n) is 34.9. The Labute approximate surface area is 660 Å². The van der Waals surface area contributed by atoms with Gasteiger partial charge in [0, 0.05) is 75.1 Å². The fraction of sp³-hybridized carbons (Fsp3) is 0.724. The molecule has 0 radical (unpaired) electrons. The molecule has 3 aromatic rings. The molecule has 6 spiro atoms. The van der Waals surface area contributed by atoms with Crippen LogP contribution >= 0.6 is 39.9 Å². The summed E-state index contributed by atoms with van der Waals surface area (Å²) in [7, 11) is 6.92. The highest BCUT2D eigenvalue weighted by atomic mass is 79.9. The van der Waals surface area contributed by atoms with E-state index in [1.807, 2.05) is 12.0 Å². The number of carbonyl (C=O) groups excluding carboxylic acids is 3. The number of amides is 3. The number of rotatable bonds is 19. The molecule has 6 N–H and O–H groups in total. The van der Waals surface area contributed by atoms with Crippen LogP contribution in [0.3, 0.4) is 0 Å². The molecule has 11 fully saturated rings. The van der Waals surface area contributed by atoms with Crippen molar-refractivity contribution in [3.63, 3.8) is 0 Å². The van der Waals surface area contributed by atoms with Crippen molar-refractivity contribution in [1.82, 2.24) is 20.4 Å². The van der Waals surface area contributed by atoms with E-state index in [4.69, 9.17) is 61.1 Å². The first-order chi connectivity index (χ1) is 52.6. The Kier molecular flexibility index (Phi) is 24.8. The SMILES string of the molecule is BrCC1CCCO1.CN.COC1CCC2(CC1)Cc1ccc(CCC3CC3)cc1C21N=C(N)N(CC2CCCO2)C1=O.COC1CCC2(CC1)Cc1ccc(CCC3CC3)cc1C21N=C(SCC2CCCO2)N(CC2CCCO2)C1=O.COC1CCC2(CC1)Cc1ccc(CCC3CC3)cc1C21NC(=S)NC1=O. The Bertz CT molecular complexity index is 3740. The zero-order chi connectivity index (χ0) is 74.8.